The van der Waals surface area contributed by atoms with Crippen LogP contribution >= 0.6 is 11.3 Å². The number of carbonyl (C=O) groups is 1. The van der Waals surface area contributed by atoms with Crippen LogP contribution in [0.25, 0.3) is 10.4 Å². The third kappa shape index (κ3) is 2.90. The minimum atomic E-state index is -0.249. The Balaban J connectivity index is 1.72. The van der Waals surface area contributed by atoms with E-state index in [1.54, 1.807) is 12.1 Å². The van der Waals surface area contributed by atoms with Crippen LogP contribution in [0.2, 0.25) is 0 Å². The summed E-state index contributed by atoms with van der Waals surface area (Å²) in [7, 11) is 0. The third-order valence-corrected chi connectivity index (χ3v) is 4.78. The van der Waals surface area contributed by atoms with Gasteiger partial charge < -0.3 is 5.32 Å². The van der Waals surface area contributed by atoms with Gasteiger partial charge in [-0.05, 0) is 55.5 Å². The van der Waals surface area contributed by atoms with Gasteiger partial charge in [0.05, 0.1) is 4.88 Å². The van der Waals surface area contributed by atoms with E-state index in [4.69, 9.17) is 0 Å². The number of halogens is 1. The molecule has 2 aromatic rings. The molecule has 1 aliphatic rings. The average Bonchev–Trinajstić information content (AvgIpc) is 3.17. The van der Waals surface area contributed by atoms with Gasteiger partial charge in [0.2, 0.25) is 0 Å². The zero-order valence-electron chi connectivity index (χ0n) is 11.2. The number of amides is 1. The van der Waals surface area contributed by atoms with Crippen molar-refractivity contribution in [3.63, 3.8) is 0 Å². The number of benzene rings is 1. The Hall–Kier alpha value is -1.68. The molecule has 0 radical (unpaired) electrons. The maximum atomic E-state index is 12.9. The fourth-order valence-electron chi connectivity index (χ4n) is 2.22. The topological polar surface area (TPSA) is 29.1 Å². The van der Waals surface area contributed by atoms with Crippen molar-refractivity contribution < 1.29 is 9.18 Å². The van der Waals surface area contributed by atoms with Crippen molar-refractivity contribution >= 4 is 17.2 Å². The van der Waals surface area contributed by atoms with E-state index in [9.17, 15) is 9.18 Å². The van der Waals surface area contributed by atoms with E-state index in [1.807, 2.05) is 12.1 Å². The molecule has 0 unspecified atom stereocenters. The molecule has 1 saturated carbocycles. The smallest absolute Gasteiger partial charge is 0.261 e. The highest BCUT2D eigenvalue weighted by Crippen LogP contribution is 2.33. The van der Waals surface area contributed by atoms with Crippen molar-refractivity contribution in [3.05, 3.63) is 47.1 Å². The summed E-state index contributed by atoms with van der Waals surface area (Å²) in [4.78, 5) is 13.8. The summed E-state index contributed by atoms with van der Waals surface area (Å²) >= 11 is 1.44. The van der Waals surface area contributed by atoms with E-state index < -0.39 is 0 Å². The molecule has 0 aliphatic heterocycles. The summed E-state index contributed by atoms with van der Waals surface area (Å²) < 4.78 is 12.9. The molecule has 1 aliphatic carbocycles. The van der Waals surface area contributed by atoms with E-state index in [2.05, 4.69) is 12.2 Å². The second kappa shape index (κ2) is 5.37. The molecule has 0 spiro atoms. The van der Waals surface area contributed by atoms with Crippen molar-refractivity contribution in [3.8, 4) is 10.4 Å². The highest BCUT2D eigenvalue weighted by Gasteiger charge is 2.29. The molecule has 104 valence electrons. The van der Waals surface area contributed by atoms with Gasteiger partial charge in [-0.25, -0.2) is 4.39 Å². The Morgan fingerprint density at radius 3 is 2.60 bits per heavy atom. The number of nitrogens with one attached hydrogen (secondary N) is 1. The Bertz CT molecular complexity index is 616. The van der Waals surface area contributed by atoms with Crippen LogP contribution < -0.4 is 5.32 Å². The predicted molar refractivity (Wildman–Crippen MR) is 79.4 cm³/mol. The Kier molecular flexibility index (Phi) is 3.57. The first-order valence-corrected chi connectivity index (χ1v) is 7.62. The number of carbonyl (C=O) groups excluding carboxylic acids is 1. The average molecular weight is 289 g/mol. The van der Waals surface area contributed by atoms with Crippen LogP contribution in [0.4, 0.5) is 4.39 Å². The molecule has 1 aromatic carbocycles. The lowest BCUT2D eigenvalue weighted by Crippen LogP contribution is -2.33. The molecule has 1 fully saturated rings. The van der Waals surface area contributed by atoms with Gasteiger partial charge >= 0.3 is 0 Å². The first-order valence-electron chi connectivity index (χ1n) is 6.80. The lowest BCUT2D eigenvalue weighted by Gasteiger charge is -2.11. The van der Waals surface area contributed by atoms with Crippen LogP contribution in [0, 0.1) is 11.7 Å². The normalized spacial score (nSPS) is 15.9. The summed E-state index contributed by atoms with van der Waals surface area (Å²) in [5.74, 6) is 0.389. The Labute approximate surface area is 121 Å². The number of hydrogen-bond donors (Lipinski definition) is 1. The van der Waals surface area contributed by atoms with Crippen molar-refractivity contribution in [2.24, 2.45) is 5.92 Å². The van der Waals surface area contributed by atoms with Gasteiger partial charge in [-0.3, -0.25) is 4.79 Å². The van der Waals surface area contributed by atoms with Crippen molar-refractivity contribution in [2.45, 2.75) is 25.8 Å². The van der Waals surface area contributed by atoms with E-state index in [-0.39, 0.29) is 17.8 Å². The van der Waals surface area contributed by atoms with Gasteiger partial charge in [0, 0.05) is 10.9 Å². The van der Waals surface area contributed by atoms with Gasteiger partial charge in [0.25, 0.3) is 5.91 Å². The molecule has 1 atom stereocenters. The molecule has 1 heterocycles. The molecule has 0 bridgehead atoms. The summed E-state index contributed by atoms with van der Waals surface area (Å²) in [5.41, 5.74) is 0.936. The SMILES string of the molecule is C[C@@H](NC(=O)c1ccc(-c2ccc(F)cc2)s1)C1CC1. The number of thiophene rings is 1. The van der Waals surface area contributed by atoms with Crippen LogP contribution in [-0.4, -0.2) is 11.9 Å². The fourth-order valence-corrected chi connectivity index (χ4v) is 3.14. The lowest BCUT2D eigenvalue weighted by atomic mass is 10.2. The van der Waals surface area contributed by atoms with E-state index in [0.29, 0.717) is 10.8 Å². The summed E-state index contributed by atoms with van der Waals surface area (Å²) in [5, 5.41) is 3.04. The molecule has 1 amide bonds. The fraction of sp³-hybridized carbons (Fsp3) is 0.312. The van der Waals surface area contributed by atoms with Crippen LogP contribution in [-0.2, 0) is 0 Å². The summed E-state index contributed by atoms with van der Waals surface area (Å²) in [6, 6.07) is 10.3. The molecule has 1 N–H and O–H groups in total. The van der Waals surface area contributed by atoms with Crippen molar-refractivity contribution in [1.82, 2.24) is 5.32 Å². The van der Waals surface area contributed by atoms with E-state index in [1.165, 1.54) is 36.3 Å². The van der Waals surface area contributed by atoms with E-state index in [0.717, 1.165) is 10.4 Å². The third-order valence-electron chi connectivity index (χ3n) is 3.65. The second-order valence-electron chi connectivity index (χ2n) is 5.27. The number of rotatable bonds is 4. The van der Waals surface area contributed by atoms with Crippen LogP contribution in [0.15, 0.2) is 36.4 Å². The largest absolute Gasteiger partial charge is 0.349 e. The zero-order valence-corrected chi connectivity index (χ0v) is 12.0. The van der Waals surface area contributed by atoms with E-state index >= 15 is 0 Å². The number of hydrogen-bond acceptors (Lipinski definition) is 2. The van der Waals surface area contributed by atoms with Crippen molar-refractivity contribution in [1.29, 1.82) is 0 Å². The highest BCUT2D eigenvalue weighted by atomic mass is 32.1. The molecular weight excluding hydrogens is 273 g/mol. The standard InChI is InChI=1S/C16H16FNOS/c1-10(11-2-3-11)18-16(19)15-9-8-14(20-15)12-4-6-13(17)7-5-12/h4-11H,2-3H2,1H3,(H,18,19)/t10-/m1/s1. The molecular formula is C16H16FNOS. The predicted octanol–water partition coefficient (Wildman–Crippen LogP) is 4.08. The van der Waals surface area contributed by atoms with Crippen LogP contribution in [0.3, 0.4) is 0 Å². The molecule has 2 nitrogen and oxygen atoms in total. The van der Waals surface area contributed by atoms with Gasteiger partial charge in [0.1, 0.15) is 5.82 Å². The molecule has 1 aromatic heterocycles. The van der Waals surface area contributed by atoms with Crippen LogP contribution in [0.5, 0.6) is 0 Å². The minimum absolute atomic E-state index is 0.0113. The monoisotopic (exact) mass is 289 g/mol. The summed E-state index contributed by atoms with van der Waals surface area (Å²) in [6.07, 6.45) is 2.43. The maximum Gasteiger partial charge on any atom is 0.261 e. The van der Waals surface area contributed by atoms with Crippen molar-refractivity contribution in [2.75, 3.05) is 0 Å². The quantitative estimate of drug-likeness (QED) is 0.902. The molecule has 3 rings (SSSR count). The van der Waals surface area contributed by atoms with Gasteiger partial charge in [-0.1, -0.05) is 12.1 Å². The van der Waals surface area contributed by atoms with Gasteiger partial charge in [0.15, 0.2) is 0 Å². The second-order valence-corrected chi connectivity index (χ2v) is 6.35. The first-order chi connectivity index (χ1) is 9.63. The zero-order chi connectivity index (χ0) is 14.1. The lowest BCUT2D eigenvalue weighted by molar-refractivity contribution is 0.0940. The maximum absolute atomic E-state index is 12.9. The van der Waals surface area contributed by atoms with Crippen LogP contribution in [0.1, 0.15) is 29.4 Å². The highest BCUT2D eigenvalue weighted by molar-refractivity contribution is 7.17. The molecule has 4 heteroatoms. The Morgan fingerprint density at radius 2 is 1.95 bits per heavy atom. The minimum Gasteiger partial charge on any atom is -0.349 e. The molecule has 0 saturated heterocycles. The summed E-state index contributed by atoms with van der Waals surface area (Å²) in [6.45, 7) is 2.06. The Morgan fingerprint density at radius 1 is 1.25 bits per heavy atom. The van der Waals surface area contributed by atoms with Gasteiger partial charge in [-0.2, -0.15) is 0 Å². The first kappa shape index (κ1) is 13.3. The molecule has 20 heavy (non-hydrogen) atoms. The van der Waals surface area contributed by atoms with Gasteiger partial charge in [-0.15, -0.1) is 11.3 Å².